The van der Waals surface area contributed by atoms with E-state index in [0.717, 1.165) is 11.1 Å². The van der Waals surface area contributed by atoms with Gasteiger partial charge in [-0.25, -0.2) is 0 Å². The Hall–Kier alpha value is -1.93. The molecular weight excluding hydrogens is 224 g/mol. The Balaban J connectivity index is 1.81. The summed E-state index contributed by atoms with van der Waals surface area (Å²) in [6.07, 6.45) is 0.732. The van der Waals surface area contributed by atoms with E-state index in [4.69, 9.17) is 0 Å². The van der Waals surface area contributed by atoms with Crippen molar-refractivity contribution in [3.8, 4) is 0 Å². The molecule has 0 aliphatic heterocycles. The molecule has 0 aromatic heterocycles. The third-order valence-corrected chi connectivity index (χ3v) is 3.55. The summed E-state index contributed by atoms with van der Waals surface area (Å²) in [5.74, 6) is -0.00685. The van der Waals surface area contributed by atoms with Crippen LogP contribution in [0.15, 0.2) is 54.6 Å². The van der Waals surface area contributed by atoms with Crippen molar-refractivity contribution in [2.75, 3.05) is 0 Å². The zero-order valence-corrected chi connectivity index (χ0v) is 9.97. The van der Waals surface area contributed by atoms with Gasteiger partial charge in [-0.05, 0) is 11.1 Å². The van der Waals surface area contributed by atoms with E-state index in [1.165, 1.54) is 0 Å². The second-order valence-corrected chi connectivity index (χ2v) is 4.83. The first-order chi connectivity index (χ1) is 8.69. The van der Waals surface area contributed by atoms with Crippen LogP contribution in [-0.4, -0.2) is 10.9 Å². The molecule has 0 fully saturated rings. The molecule has 3 rings (SSSR count). The van der Waals surface area contributed by atoms with Crippen LogP contribution in [0.1, 0.15) is 27.9 Å². The van der Waals surface area contributed by atoms with E-state index < -0.39 is 5.60 Å². The van der Waals surface area contributed by atoms with Crippen molar-refractivity contribution in [2.45, 2.75) is 18.4 Å². The topological polar surface area (TPSA) is 37.3 Å². The summed E-state index contributed by atoms with van der Waals surface area (Å²) in [5, 5.41) is 10.5. The number of carbonyl (C=O) groups is 1. The minimum atomic E-state index is -0.969. The van der Waals surface area contributed by atoms with Gasteiger partial charge in [-0.3, -0.25) is 4.79 Å². The van der Waals surface area contributed by atoms with Crippen LogP contribution in [0, 0.1) is 0 Å². The van der Waals surface area contributed by atoms with Gasteiger partial charge in [0.1, 0.15) is 5.60 Å². The molecule has 0 saturated heterocycles. The van der Waals surface area contributed by atoms with E-state index in [1.807, 2.05) is 42.5 Å². The average molecular weight is 238 g/mol. The molecule has 0 amide bonds. The third kappa shape index (κ3) is 1.75. The van der Waals surface area contributed by atoms with Crippen LogP contribution in [0.3, 0.4) is 0 Å². The SMILES string of the molecule is O=C(CC1(O)Cc2ccccc21)c1ccccc1. The van der Waals surface area contributed by atoms with Crippen LogP contribution in [0.2, 0.25) is 0 Å². The van der Waals surface area contributed by atoms with Crippen molar-refractivity contribution >= 4 is 5.78 Å². The summed E-state index contributed by atoms with van der Waals surface area (Å²) in [7, 11) is 0. The van der Waals surface area contributed by atoms with E-state index in [1.54, 1.807) is 12.1 Å². The van der Waals surface area contributed by atoms with Crippen LogP contribution in [-0.2, 0) is 12.0 Å². The number of ketones is 1. The molecule has 1 atom stereocenters. The van der Waals surface area contributed by atoms with Crippen molar-refractivity contribution in [2.24, 2.45) is 0 Å². The maximum absolute atomic E-state index is 12.1. The highest BCUT2D eigenvalue weighted by molar-refractivity contribution is 5.97. The van der Waals surface area contributed by atoms with Crippen LogP contribution in [0.25, 0.3) is 0 Å². The lowest BCUT2D eigenvalue weighted by Gasteiger charge is -2.39. The summed E-state index contributed by atoms with van der Waals surface area (Å²) in [6, 6.07) is 16.9. The largest absolute Gasteiger partial charge is 0.384 e. The van der Waals surface area contributed by atoms with Crippen molar-refractivity contribution in [3.05, 3.63) is 71.3 Å². The molecule has 1 unspecified atom stereocenters. The maximum atomic E-state index is 12.1. The van der Waals surface area contributed by atoms with Gasteiger partial charge in [-0.1, -0.05) is 54.6 Å². The van der Waals surface area contributed by atoms with Gasteiger partial charge in [0, 0.05) is 18.4 Å². The molecular formula is C16H14O2. The number of carbonyl (C=O) groups excluding carboxylic acids is 1. The number of Topliss-reactive ketones (excluding diaryl/α,β-unsaturated/α-hetero) is 1. The average Bonchev–Trinajstić information content (AvgIpc) is 2.39. The van der Waals surface area contributed by atoms with Gasteiger partial charge < -0.3 is 5.11 Å². The molecule has 2 nitrogen and oxygen atoms in total. The van der Waals surface area contributed by atoms with E-state index in [0.29, 0.717) is 12.0 Å². The Kier molecular flexibility index (Phi) is 2.53. The van der Waals surface area contributed by atoms with Gasteiger partial charge >= 0.3 is 0 Å². The molecule has 1 aliphatic carbocycles. The van der Waals surface area contributed by atoms with Crippen molar-refractivity contribution < 1.29 is 9.90 Å². The van der Waals surface area contributed by atoms with E-state index in [-0.39, 0.29) is 12.2 Å². The zero-order valence-electron chi connectivity index (χ0n) is 9.97. The first-order valence-corrected chi connectivity index (χ1v) is 6.08. The van der Waals surface area contributed by atoms with E-state index in [2.05, 4.69) is 0 Å². The molecule has 0 saturated carbocycles. The monoisotopic (exact) mass is 238 g/mol. The quantitative estimate of drug-likeness (QED) is 0.835. The Labute approximate surface area is 106 Å². The Morgan fingerprint density at radius 1 is 1.06 bits per heavy atom. The molecule has 2 aromatic rings. The summed E-state index contributed by atoms with van der Waals surface area (Å²) in [6.45, 7) is 0. The zero-order chi connectivity index (χ0) is 12.6. The Bertz CT molecular complexity index is 589. The summed E-state index contributed by atoms with van der Waals surface area (Å²) in [4.78, 5) is 12.1. The molecule has 0 heterocycles. The predicted octanol–water partition coefficient (Wildman–Crippen LogP) is 2.70. The van der Waals surface area contributed by atoms with Gasteiger partial charge in [-0.15, -0.1) is 0 Å². The summed E-state index contributed by atoms with van der Waals surface area (Å²) < 4.78 is 0. The highest BCUT2D eigenvalue weighted by Crippen LogP contribution is 2.41. The minimum Gasteiger partial charge on any atom is -0.384 e. The van der Waals surface area contributed by atoms with Gasteiger partial charge in [0.2, 0.25) is 0 Å². The third-order valence-electron chi connectivity index (χ3n) is 3.55. The number of hydrogen-bond acceptors (Lipinski definition) is 2. The second-order valence-electron chi connectivity index (χ2n) is 4.83. The first-order valence-electron chi connectivity index (χ1n) is 6.08. The fourth-order valence-corrected chi connectivity index (χ4v) is 2.58. The Morgan fingerprint density at radius 3 is 2.44 bits per heavy atom. The van der Waals surface area contributed by atoms with E-state index >= 15 is 0 Å². The highest BCUT2D eigenvalue weighted by atomic mass is 16.3. The van der Waals surface area contributed by atoms with Crippen LogP contribution >= 0.6 is 0 Å². The molecule has 2 aromatic carbocycles. The predicted molar refractivity (Wildman–Crippen MR) is 69.4 cm³/mol. The highest BCUT2D eigenvalue weighted by Gasteiger charge is 2.42. The molecule has 18 heavy (non-hydrogen) atoms. The Morgan fingerprint density at radius 2 is 1.72 bits per heavy atom. The van der Waals surface area contributed by atoms with Gasteiger partial charge in [0.15, 0.2) is 5.78 Å². The smallest absolute Gasteiger partial charge is 0.166 e. The molecule has 1 aliphatic rings. The van der Waals surface area contributed by atoms with Crippen LogP contribution in [0.5, 0.6) is 0 Å². The van der Waals surface area contributed by atoms with Gasteiger partial charge in [0.05, 0.1) is 0 Å². The van der Waals surface area contributed by atoms with Crippen LogP contribution < -0.4 is 0 Å². The maximum Gasteiger partial charge on any atom is 0.166 e. The fourth-order valence-electron chi connectivity index (χ4n) is 2.58. The lowest BCUT2D eigenvalue weighted by Crippen LogP contribution is -2.40. The second kappa shape index (κ2) is 4.07. The summed E-state index contributed by atoms with van der Waals surface area (Å²) >= 11 is 0. The van der Waals surface area contributed by atoms with E-state index in [9.17, 15) is 9.90 Å². The molecule has 0 radical (unpaired) electrons. The number of aliphatic hydroxyl groups is 1. The molecule has 90 valence electrons. The molecule has 0 bridgehead atoms. The van der Waals surface area contributed by atoms with Crippen LogP contribution in [0.4, 0.5) is 0 Å². The van der Waals surface area contributed by atoms with Crippen molar-refractivity contribution in [1.82, 2.24) is 0 Å². The lowest BCUT2D eigenvalue weighted by atomic mass is 9.70. The van der Waals surface area contributed by atoms with Gasteiger partial charge in [0.25, 0.3) is 0 Å². The lowest BCUT2D eigenvalue weighted by molar-refractivity contribution is 0.00738. The number of rotatable bonds is 3. The minimum absolute atomic E-state index is 0.00685. The molecule has 2 heteroatoms. The van der Waals surface area contributed by atoms with Crippen molar-refractivity contribution in [3.63, 3.8) is 0 Å². The number of hydrogen-bond donors (Lipinski definition) is 1. The van der Waals surface area contributed by atoms with Crippen molar-refractivity contribution in [1.29, 1.82) is 0 Å². The summed E-state index contributed by atoms with van der Waals surface area (Å²) in [5.41, 5.74) is 1.73. The fraction of sp³-hybridized carbons (Fsp3) is 0.188. The molecule has 1 N–H and O–H groups in total. The molecule has 0 spiro atoms. The normalized spacial score (nSPS) is 20.9. The van der Waals surface area contributed by atoms with Gasteiger partial charge in [-0.2, -0.15) is 0 Å². The standard InChI is InChI=1S/C16H14O2/c17-15(12-6-2-1-3-7-12)11-16(18)10-13-8-4-5-9-14(13)16/h1-9,18H,10-11H2. The first kappa shape index (κ1) is 11.2. The number of benzene rings is 2. The number of fused-ring (bicyclic) bond motifs is 1.